The Morgan fingerprint density at radius 2 is 2.28 bits per heavy atom. The first-order valence-corrected chi connectivity index (χ1v) is 6.04. The number of rotatable bonds is 4. The zero-order valence-electron chi connectivity index (χ0n) is 10.1. The highest BCUT2D eigenvalue weighted by Gasteiger charge is 2.17. The molecule has 2 heterocycles. The average Bonchev–Trinajstić information content (AvgIpc) is 2.93. The quantitative estimate of drug-likeness (QED) is 0.847. The third kappa shape index (κ3) is 3.17. The molecule has 1 fully saturated rings. The van der Waals surface area contributed by atoms with Gasteiger partial charge in [-0.1, -0.05) is 0 Å². The average molecular weight is 245 g/mol. The molecule has 6 nitrogen and oxygen atoms in total. The molecule has 1 aliphatic heterocycles. The summed E-state index contributed by atoms with van der Waals surface area (Å²) in [5, 5.41) is 11.6. The minimum Gasteiger partial charge on any atom is -0.354 e. The van der Waals surface area contributed by atoms with Crippen molar-refractivity contribution in [2.45, 2.75) is 19.3 Å². The van der Waals surface area contributed by atoms with Crippen molar-refractivity contribution in [1.82, 2.24) is 14.9 Å². The van der Waals surface area contributed by atoms with E-state index in [1.165, 1.54) is 6.20 Å². The third-order valence-electron chi connectivity index (χ3n) is 2.85. The van der Waals surface area contributed by atoms with E-state index in [0.29, 0.717) is 24.6 Å². The van der Waals surface area contributed by atoms with Crippen LogP contribution >= 0.6 is 0 Å². The number of nitrogens with zero attached hydrogens (tertiary/aromatic N) is 4. The molecule has 0 unspecified atom stereocenters. The van der Waals surface area contributed by atoms with Crippen LogP contribution in [-0.2, 0) is 4.79 Å². The zero-order valence-corrected chi connectivity index (χ0v) is 10.1. The predicted octanol–water partition coefficient (Wildman–Crippen LogP) is 0.773. The van der Waals surface area contributed by atoms with Gasteiger partial charge in [0.05, 0.1) is 0 Å². The lowest BCUT2D eigenvalue weighted by Gasteiger charge is -2.15. The van der Waals surface area contributed by atoms with Crippen LogP contribution in [0.4, 0.5) is 5.95 Å². The summed E-state index contributed by atoms with van der Waals surface area (Å²) in [6.45, 7) is 2.24. The van der Waals surface area contributed by atoms with E-state index in [4.69, 9.17) is 5.26 Å². The molecule has 0 spiro atoms. The number of anilines is 1. The highest BCUT2D eigenvalue weighted by molar-refractivity contribution is 5.76. The molecule has 1 N–H and O–H groups in total. The zero-order chi connectivity index (χ0) is 12.8. The molecule has 0 atom stereocenters. The second-order valence-electron chi connectivity index (χ2n) is 4.14. The maximum atomic E-state index is 11.8. The number of nitriles is 1. The Kier molecular flexibility index (Phi) is 4.07. The highest BCUT2D eigenvalue weighted by atomic mass is 16.2. The van der Waals surface area contributed by atoms with Gasteiger partial charge in [0.25, 0.3) is 0 Å². The summed E-state index contributed by atoms with van der Waals surface area (Å²) in [5.41, 5.74) is 0.318. The molecular weight excluding hydrogens is 230 g/mol. The van der Waals surface area contributed by atoms with Crippen molar-refractivity contribution in [3.63, 3.8) is 0 Å². The number of hydrogen-bond donors (Lipinski definition) is 1. The van der Waals surface area contributed by atoms with Crippen molar-refractivity contribution in [1.29, 1.82) is 5.26 Å². The Bertz CT molecular complexity index is 462. The number of amides is 1. The van der Waals surface area contributed by atoms with Crippen LogP contribution in [0.3, 0.4) is 0 Å². The van der Waals surface area contributed by atoms with Crippen LogP contribution in [0.5, 0.6) is 0 Å². The van der Waals surface area contributed by atoms with Gasteiger partial charge in [-0.2, -0.15) is 5.26 Å². The van der Waals surface area contributed by atoms with Gasteiger partial charge in [-0.15, -0.1) is 0 Å². The number of nitrogens with one attached hydrogen (secondary N) is 1. The molecule has 0 radical (unpaired) electrons. The summed E-state index contributed by atoms with van der Waals surface area (Å²) in [6.07, 6.45) is 4.16. The van der Waals surface area contributed by atoms with Crippen LogP contribution in [0.15, 0.2) is 12.3 Å². The van der Waals surface area contributed by atoms with E-state index in [0.717, 1.165) is 25.9 Å². The van der Waals surface area contributed by atoms with Gasteiger partial charge in [0.15, 0.2) is 0 Å². The smallest absolute Gasteiger partial charge is 0.224 e. The fraction of sp³-hybridized carbons (Fsp3) is 0.500. The number of likely N-dealkylation sites (tertiary alicyclic amines) is 1. The third-order valence-corrected chi connectivity index (χ3v) is 2.85. The van der Waals surface area contributed by atoms with E-state index < -0.39 is 0 Å². The van der Waals surface area contributed by atoms with Crippen LogP contribution in [0.25, 0.3) is 0 Å². The van der Waals surface area contributed by atoms with Gasteiger partial charge in [0, 0.05) is 32.3 Å². The molecular formula is C12H15N5O. The van der Waals surface area contributed by atoms with Crippen molar-refractivity contribution in [3.8, 4) is 6.07 Å². The van der Waals surface area contributed by atoms with Gasteiger partial charge >= 0.3 is 0 Å². The molecule has 1 aromatic rings. The van der Waals surface area contributed by atoms with Crippen molar-refractivity contribution in [2.75, 3.05) is 25.0 Å². The summed E-state index contributed by atoms with van der Waals surface area (Å²) in [7, 11) is 0. The molecule has 1 saturated heterocycles. The van der Waals surface area contributed by atoms with Gasteiger partial charge in [-0.05, 0) is 18.9 Å². The maximum Gasteiger partial charge on any atom is 0.224 e. The Labute approximate surface area is 106 Å². The first-order chi connectivity index (χ1) is 8.79. The summed E-state index contributed by atoms with van der Waals surface area (Å²) in [5.74, 6) is 0.555. The predicted molar refractivity (Wildman–Crippen MR) is 65.7 cm³/mol. The largest absolute Gasteiger partial charge is 0.354 e. The molecule has 0 aromatic carbocycles. The van der Waals surface area contributed by atoms with Gasteiger partial charge in [-0.3, -0.25) is 4.79 Å². The van der Waals surface area contributed by atoms with E-state index >= 15 is 0 Å². The molecule has 1 amide bonds. The first kappa shape index (κ1) is 12.3. The second kappa shape index (κ2) is 5.96. The van der Waals surface area contributed by atoms with E-state index in [9.17, 15) is 4.79 Å². The van der Waals surface area contributed by atoms with Crippen molar-refractivity contribution in [2.24, 2.45) is 0 Å². The van der Waals surface area contributed by atoms with Gasteiger partial charge < -0.3 is 10.2 Å². The van der Waals surface area contributed by atoms with E-state index in [-0.39, 0.29) is 5.91 Å². The fourth-order valence-electron chi connectivity index (χ4n) is 1.91. The van der Waals surface area contributed by atoms with Crippen molar-refractivity contribution < 1.29 is 4.79 Å². The van der Waals surface area contributed by atoms with Gasteiger partial charge in [0.1, 0.15) is 11.8 Å². The first-order valence-electron chi connectivity index (χ1n) is 6.04. The molecule has 94 valence electrons. The van der Waals surface area contributed by atoms with Crippen LogP contribution in [0.2, 0.25) is 0 Å². The topological polar surface area (TPSA) is 81.9 Å². The van der Waals surface area contributed by atoms with E-state index in [1.807, 2.05) is 11.0 Å². The number of carbonyl (C=O) groups is 1. The normalized spacial score (nSPS) is 14.3. The Balaban J connectivity index is 1.77. The second-order valence-corrected chi connectivity index (χ2v) is 4.14. The van der Waals surface area contributed by atoms with Crippen LogP contribution in [0.1, 0.15) is 25.0 Å². The van der Waals surface area contributed by atoms with Gasteiger partial charge in [-0.25, -0.2) is 9.97 Å². The van der Waals surface area contributed by atoms with E-state index in [1.54, 1.807) is 6.07 Å². The monoisotopic (exact) mass is 245 g/mol. The number of aromatic nitrogens is 2. The molecule has 0 bridgehead atoms. The van der Waals surface area contributed by atoms with Crippen molar-refractivity contribution in [3.05, 3.63) is 18.0 Å². The Morgan fingerprint density at radius 3 is 3.00 bits per heavy atom. The SMILES string of the molecule is N#Cc1ccnc(NCCC(=O)N2CCCC2)n1. The van der Waals surface area contributed by atoms with Gasteiger partial charge in [0.2, 0.25) is 11.9 Å². The number of carbonyl (C=O) groups excluding carboxylic acids is 1. The summed E-state index contributed by atoms with van der Waals surface area (Å²) in [6, 6.07) is 3.49. The summed E-state index contributed by atoms with van der Waals surface area (Å²) in [4.78, 5) is 21.6. The maximum absolute atomic E-state index is 11.8. The molecule has 0 aliphatic carbocycles. The molecule has 6 heteroatoms. The minimum atomic E-state index is 0.163. The summed E-state index contributed by atoms with van der Waals surface area (Å²) < 4.78 is 0. The lowest BCUT2D eigenvalue weighted by molar-refractivity contribution is -0.129. The Hall–Kier alpha value is -2.16. The molecule has 18 heavy (non-hydrogen) atoms. The van der Waals surface area contributed by atoms with Crippen LogP contribution in [0, 0.1) is 11.3 Å². The standard InChI is InChI=1S/C12H15N5O/c13-9-10-3-5-14-12(16-10)15-6-4-11(18)17-7-1-2-8-17/h3,5H,1-2,4,6-8H2,(H,14,15,16). The summed E-state index contributed by atoms with van der Waals surface area (Å²) >= 11 is 0. The lowest BCUT2D eigenvalue weighted by Crippen LogP contribution is -2.29. The number of hydrogen-bond acceptors (Lipinski definition) is 5. The minimum absolute atomic E-state index is 0.163. The molecule has 1 aliphatic rings. The van der Waals surface area contributed by atoms with Crippen molar-refractivity contribution >= 4 is 11.9 Å². The van der Waals surface area contributed by atoms with Crippen LogP contribution < -0.4 is 5.32 Å². The Morgan fingerprint density at radius 1 is 1.50 bits per heavy atom. The molecule has 2 rings (SSSR count). The van der Waals surface area contributed by atoms with E-state index in [2.05, 4.69) is 15.3 Å². The lowest BCUT2D eigenvalue weighted by atomic mass is 10.3. The highest BCUT2D eigenvalue weighted by Crippen LogP contribution is 2.08. The van der Waals surface area contributed by atoms with Crippen LogP contribution in [-0.4, -0.2) is 40.4 Å². The fourth-order valence-corrected chi connectivity index (χ4v) is 1.91. The molecule has 1 aromatic heterocycles. The molecule has 0 saturated carbocycles.